The molecule has 0 spiro atoms. The highest BCUT2D eigenvalue weighted by molar-refractivity contribution is 8.18. The fourth-order valence-electron chi connectivity index (χ4n) is 2.51. The van der Waals surface area contributed by atoms with Crippen LogP contribution < -0.4 is 4.74 Å². The molecule has 1 saturated heterocycles. The summed E-state index contributed by atoms with van der Waals surface area (Å²) in [4.78, 5) is 23.9. The van der Waals surface area contributed by atoms with Gasteiger partial charge in [-0.1, -0.05) is 18.2 Å². The van der Waals surface area contributed by atoms with Crippen LogP contribution in [0.1, 0.15) is 12.5 Å². The summed E-state index contributed by atoms with van der Waals surface area (Å²) in [5.74, 6) is 0.718. The summed E-state index contributed by atoms with van der Waals surface area (Å²) < 4.78 is 5.20. The van der Waals surface area contributed by atoms with Crippen molar-refractivity contribution in [1.29, 1.82) is 0 Å². The van der Waals surface area contributed by atoms with Crippen LogP contribution in [0, 0.1) is 0 Å². The maximum absolute atomic E-state index is 12.9. The highest BCUT2D eigenvalue weighted by Crippen LogP contribution is 2.37. The van der Waals surface area contributed by atoms with E-state index in [4.69, 9.17) is 4.74 Å². The van der Waals surface area contributed by atoms with Crippen LogP contribution in [0.4, 0.5) is 5.69 Å². The third-order valence-electron chi connectivity index (χ3n) is 3.91. The first-order chi connectivity index (χ1) is 12.6. The summed E-state index contributed by atoms with van der Waals surface area (Å²) in [5.41, 5.74) is 2.59. The summed E-state index contributed by atoms with van der Waals surface area (Å²) in [7, 11) is 1.63. The Morgan fingerprint density at radius 2 is 2.12 bits per heavy atom. The molecule has 2 aromatic rings. The average Bonchev–Trinajstić information content (AvgIpc) is 2.98. The lowest BCUT2D eigenvalue weighted by Crippen LogP contribution is -2.29. The Morgan fingerprint density at radius 3 is 2.73 bits per heavy atom. The topological polar surface area (TPSA) is 54.8 Å². The Labute approximate surface area is 157 Å². The van der Waals surface area contributed by atoms with Gasteiger partial charge in [0, 0.05) is 12.7 Å². The molecule has 0 aliphatic carbocycles. The number of aliphatic imine (C=N–C) groups is 1. The number of amides is 1. The molecule has 0 bridgehead atoms. The monoisotopic (exact) mass is 365 g/mol. The van der Waals surface area contributed by atoms with Gasteiger partial charge >= 0.3 is 0 Å². The molecule has 0 radical (unpaired) electrons. The van der Waals surface area contributed by atoms with Crippen LogP contribution in [0.3, 0.4) is 0 Å². The average molecular weight is 365 g/mol. The lowest BCUT2D eigenvalue weighted by molar-refractivity contribution is -0.121. The molecule has 1 fully saturated rings. The predicted molar refractivity (Wildman–Crippen MR) is 106 cm³/mol. The van der Waals surface area contributed by atoms with Gasteiger partial charge in [-0.2, -0.15) is 0 Å². The number of amidine groups is 1. The highest BCUT2D eigenvalue weighted by atomic mass is 32.2. The van der Waals surface area contributed by atoms with Gasteiger partial charge in [0.2, 0.25) is 0 Å². The third-order valence-corrected chi connectivity index (χ3v) is 5.09. The van der Waals surface area contributed by atoms with Crippen molar-refractivity contribution in [1.82, 2.24) is 9.88 Å². The maximum atomic E-state index is 12.9. The Balaban J connectivity index is 1.98. The van der Waals surface area contributed by atoms with Gasteiger partial charge in [0.1, 0.15) is 5.75 Å². The Bertz CT molecular complexity index is 874. The molecule has 5 nitrogen and oxygen atoms in total. The molecular weight excluding hydrogens is 346 g/mol. The number of benzene rings is 1. The number of thioether (sulfide) groups is 1. The minimum absolute atomic E-state index is 0.0640. The fourth-order valence-corrected chi connectivity index (χ4v) is 3.58. The number of methoxy groups -OCH3 is 1. The minimum atomic E-state index is -0.0640. The number of aromatic nitrogens is 1. The van der Waals surface area contributed by atoms with E-state index >= 15 is 0 Å². The van der Waals surface area contributed by atoms with Crippen molar-refractivity contribution < 1.29 is 9.53 Å². The van der Waals surface area contributed by atoms with E-state index in [1.54, 1.807) is 30.5 Å². The maximum Gasteiger partial charge on any atom is 0.267 e. The van der Waals surface area contributed by atoms with Gasteiger partial charge < -0.3 is 4.74 Å². The van der Waals surface area contributed by atoms with Crippen LogP contribution in [0.15, 0.2) is 71.3 Å². The zero-order valence-electron chi connectivity index (χ0n) is 14.7. The van der Waals surface area contributed by atoms with Gasteiger partial charge in [-0.15, -0.1) is 6.58 Å². The Hall–Kier alpha value is -2.86. The minimum Gasteiger partial charge on any atom is -0.497 e. The smallest absolute Gasteiger partial charge is 0.267 e. The molecular formula is C20H19N3O2S. The van der Waals surface area contributed by atoms with Crippen molar-refractivity contribution in [3.05, 3.63) is 71.9 Å². The van der Waals surface area contributed by atoms with Gasteiger partial charge in [-0.05, 0) is 54.1 Å². The van der Waals surface area contributed by atoms with Crippen molar-refractivity contribution in [3.8, 4) is 5.75 Å². The SMILES string of the molecule is C=CCN1C(=O)/C(=C(\C)c2ccc(OC)cc2)SC1=Nc1cccnc1. The second kappa shape index (κ2) is 8.01. The lowest BCUT2D eigenvalue weighted by atomic mass is 10.1. The van der Waals surface area contributed by atoms with Crippen molar-refractivity contribution in [2.45, 2.75) is 6.92 Å². The van der Waals surface area contributed by atoms with E-state index in [0.29, 0.717) is 22.3 Å². The second-order valence-electron chi connectivity index (χ2n) is 5.59. The summed E-state index contributed by atoms with van der Waals surface area (Å²) in [6.45, 7) is 6.10. The first-order valence-corrected chi connectivity index (χ1v) is 8.90. The molecule has 1 aliphatic heterocycles. The molecule has 1 aliphatic rings. The molecule has 1 amide bonds. The van der Waals surface area contributed by atoms with Gasteiger partial charge in [-0.3, -0.25) is 14.7 Å². The molecule has 0 atom stereocenters. The molecule has 132 valence electrons. The van der Waals surface area contributed by atoms with Crippen molar-refractivity contribution >= 4 is 34.1 Å². The number of nitrogens with zero attached hydrogens (tertiary/aromatic N) is 3. The molecule has 3 rings (SSSR count). The number of carbonyl (C=O) groups excluding carboxylic acids is 1. The molecule has 1 aromatic carbocycles. The fraction of sp³-hybridized carbons (Fsp3) is 0.150. The van der Waals surface area contributed by atoms with E-state index in [2.05, 4.69) is 16.6 Å². The zero-order chi connectivity index (χ0) is 18.5. The molecule has 0 saturated carbocycles. The molecule has 6 heteroatoms. The number of allylic oxidation sites excluding steroid dienone is 1. The highest BCUT2D eigenvalue weighted by Gasteiger charge is 2.34. The number of ether oxygens (including phenoxy) is 1. The summed E-state index contributed by atoms with van der Waals surface area (Å²) in [5, 5.41) is 0.630. The van der Waals surface area contributed by atoms with Gasteiger partial charge in [-0.25, -0.2) is 4.99 Å². The molecule has 0 N–H and O–H groups in total. The Kier molecular flexibility index (Phi) is 5.53. The largest absolute Gasteiger partial charge is 0.497 e. The Morgan fingerprint density at radius 1 is 1.35 bits per heavy atom. The van der Waals surface area contributed by atoms with E-state index < -0.39 is 0 Å². The van der Waals surface area contributed by atoms with Crippen molar-refractivity contribution in [2.24, 2.45) is 4.99 Å². The number of hydrogen-bond donors (Lipinski definition) is 0. The normalized spacial score (nSPS) is 17.5. The quantitative estimate of drug-likeness (QED) is 0.586. The number of pyridine rings is 1. The third kappa shape index (κ3) is 3.70. The standard InChI is InChI=1S/C20H19N3O2S/c1-4-12-23-19(24)18(14(2)15-7-9-17(25-3)10-8-15)26-20(23)22-16-6-5-11-21-13-16/h4-11,13H,1,12H2,2-3H3/b18-14-,22-20?. The van der Waals surface area contributed by atoms with Crippen LogP contribution in [0.2, 0.25) is 0 Å². The van der Waals surface area contributed by atoms with E-state index in [1.165, 1.54) is 11.8 Å². The first kappa shape index (κ1) is 17.9. The number of carbonyl (C=O) groups is 1. The van der Waals surface area contributed by atoms with Gasteiger partial charge in [0.05, 0.1) is 23.9 Å². The summed E-state index contributed by atoms with van der Waals surface area (Å²) in [6, 6.07) is 11.3. The van der Waals surface area contributed by atoms with Crippen LogP contribution in [-0.4, -0.2) is 34.6 Å². The summed E-state index contributed by atoms with van der Waals surface area (Å²) >= 11 is 1.37. The van der Waals surface area contributed by atoms with Crippen LogP contribution in [0.25, 0.3) is 5.57 Å². The molecule has 1 aromatic heterocycles. The van der Waals surface area contributed by atoms with Crippen LogP contribution in [-0.2, 0) is 4.79 Å². The molecule has 2 heterocycles. The predicted octanol–water partition coefficient (Wildman–Crippen LogP) is 4.27. The first-order valence-electron chi connectivity index (χ1n) is 8.08. The van der Waals surface area contributed by atoms with Crippen molar-refractivity contribution in [2.75, 3.05) is 13.7 Å². The second-order valence-corrected chi connectivity index (χ2v) is 6.57. The number of rotatable bonds is 5. The summed E-state index contributed by atoms with van der Waals surface area (Å²) in [6.07, 6.45) is 5.06. The van der Waals surface area contributed by atoms with E-state index in [9.17, 15) is 4.79 Å². The van der Waals surface area contributed by atoms with E-state index in [1.807, 2.05) is 43.3 Å². The van der Waals surface area contributed by atoms with Gasteiger partial charge in [0.15, 0.2) is 5.17 Å². The van der Waals surface area contributed by atoms with Crippen LogP contribution in [0.5, 0.6) is 5.75 Å². The van der Waals surface area contributed by atoms with E-state index in [0.717, 1.165) is 16.9 Å². The van der Waals surface area contributed by atoms with E-state index in [-0.39, 0.29) is 5.91 Å². The van der Waals surface area contributed by atoms with Crippen molar-refractivity contribution in [3.63, 3.8) is 0 Å². The number of hydrogen-bond acceptors (Lipinski definition) is 5. The lowest BCUT2D eigenvalue weighted by Gasteiger charge is -2.12. The zero-order valence-corrected chi connectivity index (χ0v) is 15.5. The van der Waals surface area contributed by atoms with Crippen LogP contribution >= 0.6 is 11.8 Å². The molecule has 26 heavy (non-hydrogen) atoms. The van der Waals surface area contributed by atoms with Gasteiger partial charge in [0.25, 0.3) is 5.91 Å². The molecule has 0 unspecified atom stereocenters.